The van der Waals surface area contributed by atoms with Crippen LogP contribution in [0.2, 0.25) is 0 Å². The number of ether oxygens (including phenoxy) is 1. The second kappa shape index (κ2) is 7.15. The molecule has 2 saturated heterocycles. The van der Waals surface area contributed by atoms with E-state index in [0.717, 1.165) is 18.5 Å². The van der Waals surface area contributed by atoms with E-state index in [1.54, 1.807) is 11.8 Å². The molecule has 0 bridgehead atoms. The van der Waals surface area contributed by atoms with Crippen LogP contribution in [0, 0.1) is 6.92 Å². The summed E-state index contributed by atoms with van der Waals surface area (Å²) in [6.45, 7) is 3.56. The highest BCUT2D eigenvalue weighted by atomic mass is 16.5. The van der Waals surface area contributed by atoms with Crippen LogP contribution in [0.15, 0.2) is 41.1 Å². The molecule has 2 aliphatic heterocycles. The van der Waals surface area contributed by atoms with Crippen LogP contribution < -0.4 is 4.90 Å². The molecule has 2 fully saturated rings. The first-order valence-electron chi connectivity index (χ1n) is 9.27. The summed E-state index contributed by atoms with van der Waals surface area (Å²) in [4.78, 5) is 32.7. The van der Waals surface area contributed by atoms with Crippen LogP contribution in [0.3, 0.4) is 0 Å². The summed E-state index contributed by atoms with van der Waals surface area (Å²) in [6, 6.07) is 9.67. The van der Waals surface area contributed by atoms with Gasteiger partial charge in [0.05, 0.1) is 17.8 Å². The lowest BCUT2D eigenvalue weighted by Crippen LogP contribution is -2.55. The van der Waals surface area contributed by atoms with E-state index >= 15 is 0 Å². The van der Waals surface area contributed by atoms with Crippen LogP contribution in [-0.4, -0.2) is 53.5 Å². The van der Waals surface area contributed by atoms with Crippen LogP contribution in [-0.2, 0) is 9.53 Å². The van der Waals surface area contributed by atoms with Crippen molar-refractivity contribution in [2.45, 2.75) is 31.8 Å². The molecule has 1 atom stereocenters. The highest BCUT2D eigenvalue weighted by Crippen LogP contribution is 2.33. The zero-order valence-corrected chi connectivity index (χ0v) is 15.4. The molecule has 7 heteroatoms. The van der Waals surface area contributed by atoms with Crippen LogP contribution in [0.5, 0.6) is 0 Å². The SMILES string of the molecule is Cc1ncoc1C(=O)N1CCCC2(CC1)CN(c1ccccc1)C(=O)CO2. The van der Waals surface area contributed by atoms with E-state index in [1.165, 1.54) is 6.39 Å². The molecule has 142 valence electrons. The van der Waals surface area contributed by atoms with E-state index in [-0.39, 0.29) is 18.4 Å². The van der Waals surface area contributed by atoms with Crippen molar-refractivity contribution in [1.82, 2.24) is 9.88 Å². The van der Waals surface area contributed by atoms with E-state index in [9.17, 15) is 9.59 Å². The molecule has 2 aliphatic rings. The number of likely N-dealkylation sites (tertiary alicyclic amines) is 1. The Morgan fingerprint density at radius 2 is 2.00 bits per heavy atom. The maximum absolute atomic E-state index is 12.7. The lowest BCUT2D eigenvalue weighted by atomic mass is 9.92. The number of rotatable bonds is 2. The van der Waals surface area contributed by atoms with Crippen LogP contribution >= 0.6 is 0 Å². The highest BCUT2D eigenvalue weighted by molar-refractivity contribution is 5.95. The van der Waals surface area contributed by atoms with E-state index in [2.05, 4.69) is 4.98 Å². The Labute approximate surface area is 157 Å². The van der Waals surface area contributed by atoms with Gasteiger partial charge in [-0.05, 0) is 38.3 Å². The second-order valence-electron chi connectivity index (χ2n) is 7.20. The smallest absolute Gasteiger partial charge is 0.291 e. The van der Waals surface area contributed by atoms with Crippen molar-refractivity contribution in [3.8, 4) is 0 Å². The molecule has 0 aliphatic carbocycles. The molecule has 2 amide bonds. The van der Waals surface area contributed by atoms with Crippen molar-refractivity contribution in [3.63, 3.8) is 0 Å². The number of benzene rings is 1. The van der Waals surface area contributed by atoms with E-state index in [1.807, 2.05) is 35.2 Å². The van der Waals surface area contributed by atoms with Gasteiger partial charge in [-0.25, -0.2) is 4.98 Å². The third-order valence-corrected chi connectivity index (χ3v) is 5.44. The summed E-state index contributed by atoms with van der Waals surface area (Å²) < 4.78 is 11.3. The van der Waals surface area contributed by atoms with Gasteiger partial charge in [-0.2, -0.15) is 0 Å². The molecule has 27 heavy (non-hydrogen) atoms. The van der Waals surface area contributed by atoms with Gasteiger partial charge in [0.2, 0.25) is 5.76 Å². The Morgan fingerprint density at radius 3 is 2.74 bits per heavy atom. The normalized spacial score (nSPS) is 23.5. The van der Waals surface area contributed by atoms with Crippen LogP contribution in [0.25, 0.3) is 0 Å². The zero-order chi connectivity index (χ0) is 18.9. The predicted octanol–water partition coefficient (Wildman–Crippen LogP) is 2.41. The fraction of sp³-hybridized carbons (Fsp3) is 0.450. The highest BCUT2D eigenvalue weighted by Gasteiger charge is 2.42. The number of aryl methyl sites for hydroxylation is 1. The molecule has 0 radical (unpaired) electrons. The monoisotopic (exact) mass is 369 g/mol. The summed E-state index contributed by atoms with van der Waals surface area (Å²) >= 11 is 0. The first kappa shape index (κ1) is 17.7. The summed E-state index contributed by atoms with van der Waals surface area (Å²) in [7, 11) is 0. The Morgan fingerprint density at radius 1 is 1.19 bits per heavy atom. The number of aromatic nitrogens is 1. The molecule has 1 unspecified atom stereocenters. The number of nitrogens with zero attached hydrogens (tertiary/aromatic N) is 3. The fourth-order valence-electron chi connectivity index (χ4n) is 3.88. The number of para-hydroxylation sites is 1. The number of hydrogen-bond donors (Lipinski definition) is 0. The molecule has 7 nitrogen and oxygen atoms in total. The van der Waals surface area contributed by atoms with Gasteiger partial charge in [0.15, 0.2) is 6.39 Å². The van der Waals surface area contributed by atoms with Gasteiger partial charge in [0.1, 0.15) is 6.61 Å². The van der Waals surface area contributed by atoms with E-state index < -0.39 is 5.60 Å². The molecular weight excluding hydrogens is 346 g/mol. The first-order chi connectivity index (χ1) is 13.1. The van der Waals surface area contributed by atoms with Gasteiger partial charge in [-0.1, -0.05) is 18.2 Å². The second-order valence-corrected chi connectivity index (χ2v) is 7.20. The minimum atomic E-state index is -0.421. The van der Waals surface area contributed by atoms with Gasteiger partial charge in [0.25, 0.3) is 11.8 Å². The molecule has 0 saturated carbocycles. The van der Waals surface area contributed by atoms with Crippen LogP contribution in [0.1, 0.15) is 35.5 Å². The Balaban J connectivity index is 1.49. The number of oxazole rings is 1. The Kier molecular flexibility index (Phi) is 4.70. The zero-order valence-electron chi connectivity index (χ0n) is 15.4. The molecule has 3 heterocycles. The summed E-state index contributed by atoms with van der Waals surface area (Å²) in [6.07, 6.45) is 3.61. The number of amides is 2. The summed E-state index contributed by atoms with van der Waals surface area (Å²) in [5, 5.41) is 0. The minimum Gasteiger partial charge on any atom is -0.438 e. The summed E-state index contributed by atoms with van der Waals surface area (Å²) in [5.74, 6) is 0.145. The van der Waals surface area contributed by atoms with Crippen molar-refractivity contribution < 1.29 is 18.7 Å². The Bertz CT molecular complexity index is 835. The van der Waals surface area contributed by atoms with Gasteiger partial charge in [0, 0.05) is 18.8 Å². The largest absolute Gasteiger partial charge is 0.438 e. The van der Waals surface area contributed by atoms with Gasteiger partial charge in [-0.15, -0.1) is 0 Å². The van der Waals surface area contributed by atoms with Crippen molar-refractivity contribution in [1.29, 1.82) is 0 Å². The predicted molar refractivity (Wildman–Crippen MR) is 98.5 cm³/mol. The third kappa shape index (κ3) is 3.47. The van der Waals surface area contributed by atoms with Crippen molar-refractivity contribution in [2.24, 2.45) is 0 Å². The number of hydrogen-bond acceptors (Lipinski definition) is 5. The van der Waals surface area contributed by atoms with Gasteiger partial charge < -0.3 is 19.0 Å². The quantitative estimate of drug-likeness (QED) is 0.813. The average Bonchev–Trinajstić information content (AvgIpc) is 3.01. The third-order valence-electron chi connectivity index (χ3n) is 5.44. The van der Waals surface area contributed by atoms with Gasteiger partial charge >= 0.3 is 0 Å². The molecule has 4 rings (SSSR count). The molecular formula is C20H23N3O4. The number of carbonyl (C=O) groups excluding carboxylic acids is 2. The molecule has 1 aromatic heterocycles. The summed E-state index contributed by atoms with van der Waals surface area (Å²) in [5.41, 5.74) is 1.07. The van der Waals surface area contributed by atoms with Crippen LogP contribution in [0.4, 0.5) is 5.69 Å². The Hall–Kier alpha value is -2.67. The number of carbonyl (C=O) groups is 2. The van der Waals surface area contributed by atoms with E-state index in [0.29, 0.717) is 37.5 Å². The standard InChI is InChI=1S/C20H23N3O4/c1-15-18(26-14-21-15)19(25)22-10-5-8-20(9-11-22)13-23(17(24)12-27-20)16-6-3-2-4-7-16/h2-4,6-7,14H,5,8-13H2,1H3. The number of morpholine rings is 1. The molecule has 1 spiro atoms. The van der Waals surface area contributed by atoms with Crippen molar-refractivity contribution in [3.05, 3.63) is 48.2 Å². The minimum absolute atomic E-state index is 0.0266. The molecule has 1 aromatic carbocycles. The van der Waals surface area contributed by atoms with Crippen molar-refractivity contribution >= 4 is 17.5 Å². The maximum Gasteiger partial charge on any atom is 0.291 e. The van der Waals surface area contributed by atoms with Crippen molar-refractivity contribution in [2.75, 3.05) is 31.1 Å². The molecule has 2 aromatic rings. The number of anilines is 1. The fourth-order valence-corrected chi connectivity index (χ4v) is 3.88. The topological polar surface area (TPSA) is 75.9 Å². The van der Waals surface area contributed by atoms with E-state index in [4.69, 9.17) is 9.15 Å². The lowest BCUT2D eigenvalue weighted by Gasteiger charge is -2.42. The molecule has 0 N–H and O–H groups in total. The average molecular weight is 369 g/mol. The maximum atomic E-state index is 12.7. The lowest BCUT2D eigenvalue weighted by molar-refractivity contribution is -0.140. The van der Waals surface area contributed by atoms with Gasteiger partial charge in [-0.3, -0.25) is 9.59 Å². The first-order valence-corrected chi connectivity index (χ1v) is 9.27.